The van der Waals surface area contributed by atoms with Crippen molar-refractivity contribution in [3.63, 3.8) is 0 Å². The molecule has 4 unspecified atom stereocenters. The molecule has 0 amide bonds. The summed E-state index contributed by atoms with van der Waals surface area (Å²) in [7, 11) is 0. The van der Waals surface area contributed by atoms with Crippen LogP contribution in [0.4, 0.5) is 0 Å². The van der Waals surface area contributed by atoms with E-state index in [1.807, 2.05) is 4.68 Å². The number of aryl methyl sites for hydroxylation is 2. The van der Waals surface area contributed by atoms with Gasteiger partial charge in [0.1, 0.15) is 0 Å². The third-order valence-corrected chi connectivity index (χ3v) is 5.30. The van der Waals surface area contributed by atoms with E-state index in [-0.39, 0.29) is 12.0 Å². The first-order valence-corrected chi connectivity index (χ1v) is 8.15. The molecule has 0 aliphatic heterocycles. The van der Waals surface area contributed by atoms with E-state index >= 15 is 0 Å². The van der Waals surface area contributed by atoms with Gasteiger partial charge >= 0.3 is 5.97 Å². The highest BCUT2D eigenvalue weighted by Gasteiger charge is 2.50. The van der Waals surface area contributed by atoms with Crippen molar-refractivity contribution in [1.29, 1.82) is 0 Å². The molecular formula is C16H25N3O2. The average Bonchev–Trinajstić information content (AvgIpc) is 3.17. The van der Waals surface area contributed by atoms with Gasteiger partial charge in [0.2, 0.25) is 0 Å². The van der Waals surface area contributed by atoms with Crippen molar-refractivity contribution >= 4 is 5.97 Å². The van der Waals surface area contributed by atoms with E-state index in [2.05, 4.69) is 30.3 Å². The van der Waals surface area contributed by atoms with Crippen molar-refractivity contribution in [3.05, 3.63) is 17.5 Å². The summed E-state index contributed by atoms with van der Waals surface area (Å²) in [5.74, 6) is 0.0948. The van der Waals surface area contributed by atoms with Gasteiger partial charge in [0.15, 0.2) is 0 Å². The van der Waals surface area contributed by atoms with Gasteiger partial charge in [0, 0.05) is 19.1 Å². The topological polar surface area (TPSA) is 67.2 Å². The lowest BCUT2D eigenvalue weighted by atomic mass is 9.84. The molecule has 2 saturated carbocycles. The molecule has 2 aliphatic carbocycles. The van der Waals surface area contributed by atoms with Gasteiger partial charge in [-0.3, -0.25) is 9.48 Å². The number of fused-ring (bicyclic) bond motifs is 2. The van der Waals surface area contributed by atoms with Gasteiger partial charge in [-0.05, 0) is 50.5 Å². The maximum Gasteiger partial charge on any atom is 0.308 e. The van der Waals surface area contributed by atoms with Gasteiger partial charge in [0.25, 0.3) is 0 Å². The Morgan fingerprint density at radius 1 is 1.43 bits per heavy atom. The normalized spacial score (nSPS) is 31.0. The number of carboxylic acids is 1. The molecular weight excluding hydrogens is 266 g/mol. The summed E-state index contributed by atoms with van der Waals surface area (Å²) in [5.41, 5.74) is 2.28. The Morgan fingerprint density at radius 3 is 2.86 bits per heavy atom. The van der Waals surface area contributed by atoms with Crippen molar-refractivity contribution in [2.24, 2.45) is 17.8 Å². The summed E-state index contributed by atoms with van der Waals surface area (Å²) < 4.78 is 2.02. The third-order valence-electron chi connectivity index (χ3n) is 5.30. The molecule has 1 aromatic heterocycles. The van der Waals surface area contributed by atoms with Gasteiger partial charge in [-0.15, -0.1) is 0 Å². The van der Waals surface area contributed by atoms with Crippen molar-refractivity contribution in [2.45, 2.75) is 58.7 Å². The van der Waals surface area contributed by atoms with Gasteiger partial charge < -0.3 is 10.4 Å². The molecule has 21 heavy (non-hydrogen) atoms. The molecule has 3 rings (SSSR count). The van der Waals surface area contributed by atoms with Crippen LogP contribution in [0.25, 0.3) is 0 Å². The van der Waals surface area contributed by atoms with Crippen LogP contribution in [0, 0.1) is 17.8 Å². The summed E-state index contributed by atoms with van der Waals surface area (Å²) >= 11 is 0. The summed E-state index contributed by atoms with van der Waals surface area (Å²) in [6, 6.07) is 2.27. The van der Waals surface area contributed by atoms with Crippen LogP contribution in [0.3, 0.4) is 0 Å². The predicted molar refractivity (Wildman–Crippen MR) is 79.9 cm³/mol. The molecule has 2 aliphatic rings. The molecule has 0 radical (unpaired) electrons. The predicted octanol–water partition coefficient (Wildman–Crippen LogP) is 2.05. The number of carbonyl (C=O) groups is 1. The van der Waals surface area contributed by atoms with E-state index in [4.69, 9.17) is 0 Å². The third kappa shape index (κ3) is 2.59. The Balaban J connectivity index is 1.69. The zero-order valence-corrected chi connectivity index (χ0v) is 12.9. The van der Waals surface area contributed by atoms with Crippen LogP contribution in [0.2, 0.25) is 0 Å². The van der Waals surface area contributed by atoms with Crippen LogP contribution >= 0.6 is 0 Å². The summed E-state index contributed by atoms with van der Waals surface area (Å²) in [6.07, 6.45) is 4.29. The molecule has 0 saturated heterocycles. The summed E-state index contributed by atoms with van der Waals surface area (Å²) in [6.45, 7) is 5.78. The van der Waals surface area contributed by atoms with E-state index in [1.54, 1.807) is 0 Å². The number of hydrogen-bond donors (Lipinski definition) is 2. The zero-order chi connectivity index (χ0) is 15.0. The lowest BCUT2D eigenvalue weighted by Gasteiger charge is -2.29. The van der Waals surface area contributed by atoms with E-state index in [9.17, 15) is 9.90 Å². The quantitative estimate of drug-likeness (QED) is 0.842. The van der Waals surface area contributed by atoms with Crippen molar-refractivity contribution in [2.75, 3.05) is 0 Å². The Labute approximate surface area is 125 Å². The minimum absolute atomic E-state index is 0.131. The minimum Gasteiger partial charge on any atom is -0.481 e. The number of aliphatic carboxylic acids is 1. The molecule has 116 valence electrons. The Bertz CT molecular complexity index is 526. The van der Waals surface area contributed by atoms with Crippen LogP contribution in [-0.4, -0.2) is 26.9 Å². The van der Waals surface area contributed by atoms with Gasteiger partial charge in [-0.2, -0.15) is 5.10 Å². The molecule has 0 aromatic carbocycles. The fraction of sp³-hybridized carbons (Fsp3) is 0.750. The molecule has 5 heteroatoms. The van der Waals surface area contributed by atoms with Crippen LogP contribution < -0.4 is 5.32 Å². The van der Waals surface area contributed by atoms with Crippen LogP contribution in [0.15, 0.2) is 6.07 Å². The number of nitrogens with one attached hydrogen (secondary N) is 1. The van der Waals surface area contributed by atoms with Crippen molar-refractivity contribution < 1.29 is 9.90 Å². The zero-order valence-electron chi connectivity index (χ0n) is 12.9. The standard InChI is InChI=1S/C16H25N3O2/c1-3-12-8-13(19(4-2)18-12)9-17-15-11-6-5-10(7-11)14(15)16(20)21/h8,10-11,14-15,17H,3-7,9H2,1-2H3,(H,20,21). The highest BCUT2D eigenvalue weighted by molar-refractivity contribution is 5.72. The largest absolute Gasteiger partial charge is 0.481 e. The van der Waals surface area contributed by atoms with E-state index in [0.29, 0.717) is 11.8 Å². The van der Waals surface area contributed by atoms with Crippen LogP contribution in [-0.2, 0) is 24.3 Å². The second kappa shape index (κ2) is 5.79. The maximum absolute atomic E-state index is 11.5. The van der Waals surface area contributed by atoms with Crippen molar-refractivity contribution in [3.8, 4) is 0 Å². The fourth-order valence-electron chi connectivity index (χ4n) is 4.27. The van der Waals surface area contributed by atoms with E-state index in [1.165, 1.54) is 12.1 Å². The van der Waals surface area contributed by atoms with E-state index < -0.39 is 5.97 Å². The highest BCUT2D eigenvalue weighted by atomic mass is 16.4. The van der Waals surface area contributed by atoms with Crippen molar-refractivity contribution in [1.82, 2.24) is 15.1 Å². The Hall–Kier alpha value is -1.36. The Kier molecular flexibility index (Phi) is 4.02. The number of carboxylic acid groups (broad SMARTS) is 1. The smallest absolute Gasteiger partial charge is 0.308 e. The monoisotopic (exact) mass is 291 g/mol. The first kappa shape index (κ1) is 14.6. The molecule has 5 nitrogen and oxygen atoms in total. The summed E-state index contributed by atoms with van der Waals surface area (Å²) in [4.78, 5) is 11.5. The van der Waals surface area contributed by atoms with Gasteiger partial charge in [-0.1, -0.05) is 6.92 Å². The van der Waals surface area contributed by atoms with Gasteiger partial charge in [-0.25, -0.2) is 0 Å². The molecule has 2 N–H and O–H groups in total. The SMILES string of the molecule is CCc1cc(CNC2C3CCC(C3)C2C(=O)O)n(CC)n1. The van der Waals surface area contributed by atoms with Gasteiger partial charge in [0.05, 0.1) is 17.3 Å². The number of aromatic nitrogens is 2. The molecule has 4 atom stereocenters. The number of hydrogen-bond acceptors (Lipinski definition) is 3. The van der Waals surface area contributed by atoms with Crippen LogP contribution in [0.1, 0.15) is 44.5 Å². The summed E-state index contributed by atoms with van der Waals surface area (Å²) in [5, 5.41) is 17.6. The lowest BCUT2D eigenvalue weighted by Crippen LogP contribution is -2.44. The molecule has 2 bridgehead atoms. The minimum atomic E-state index is -0.627. The molecule has 1 aromatic rings. The lowest BCUT2D eigenvalue weighted by molar-refractivity contribution is -0.144. The Morgan fingerprint density at radius 2 is 2.19 bits per heavy atom. The first-order chi connectivity index (χ1) is 10.1. The second-order valence-electron chi connectivity index (χ2n) is 6.40. The number of rotatable bonds is 6. The second-order valence-corrected chi connectivity index (χ2v) is 6.40. The van der Waals surface area contributed by atoms with Crippen LogP contribution in [0.5, 0.6) is 0 Å². The van der Waals surface area contributed by atoms with E-state index in [0.717, 1.165) is 38.0 Å². The fourth-order valence-corrected chi connectivity index (χ4v) is 4.27. The molecule has 1 heterocycles. The first-order valence-electron chi connectivity index (χ1n) is 8.15. The highest BCUT2D eigenvalue weighted by Crippen LogP contribution is 2.48. The molecule has 0 spiro atoms. The average molecular weight is 291 g/mol. The number of nitrogens with zero attached hydrogens (tertiary/aromatic N) is 2. The maximum atomic E-state index is 11.5. The molecule has 2 fully saturated rings.